The van der Waals surface area contributed by atoms with Crippen LogP contribution in [0.5, 0.6) is 0 Å². The lowest BCUT2D eigenvalue weighted by Gasteiger charge is -2.18. The highest BCUT2D eigenvalue weighted by Crippen LogP contribution is 2.22. The number of nitrogens with two attached hydrogens (primary N) is 1. The van der Waals surface area contributed by atoms with Crippen molar-refractivity contribution in [2.45, 2.75) is 32.4 Å². The highest BCUT2D eigenvalue weighted by atomic mass is 16.3. The minimum absolute atomic E-state index is 0.0813. The summed E-state index contributed by atoms with van der Waals surface area (Å²) in [6, 6.07) is 5.15. The van der Waals surface area contributed by atoms with Gasteiger partial charge in [0.05, 0.1) is 17.5 Å². The first kappa shape index (κ1) is 15.3. The first-order valence-electron chi connectivity index (χ1n) is 6.37. The Labute approximate surface area is 114 Å². The zero-order chi connectivity index (χ0) is 14.6. The van der Waals surface area contributed by atoms with E-state index in [1.54, 1.807) is 19.1 Å². The van der Waals surface area contributed by atoms with Crippen LogP contribution in [0.2, 0.25) is 0 Å². The van der Waals surface area contributed by atoms with E-state index >= 15 is 0 Å². The van der Waals surface area contributed by atoms with Gasteiger partial charge in [0.15, 0.2) is 0 Å². The fraction of sp³-hybridized carbons (Fsp3) is 0.500. The van der Waals surface area contributed by atoms with Crippen LogP contribution in [-0.2, 0) is 0 Å². The molecule has 0 radical (unpaired) electrons. The maximum absolute atomic E-state index is 12.0. The molecule has 0 aliphatic rings. The van der Waals surface area contributed by atoms with Gasteiger partial charge in [-0.2, -0.15) is 0 Å². The predicted molar refractivity (Wildman–Crippen MR) is 78.4 cm³/mol. The van der Waals surface area contributed by atoms with Gasteiger partial charge in [-0.25, -0.2) is 0 Å². The summed E-state index contributed by atoms with van der Waals surface area (Å²) in [5, 5.41) is 12.1. The van der Waals surface area contributed by atoms with E-state index in [0.717, 1.165) is 5.69 Å². The number of amides is 1. The van der Waals surface area contributed by atoms with Gasteiger partial charge in [0.2, 0.25) is 0 Å². The molecule has 0 saturated heterocycles. The van der Waals surface area contributed by atoms with E-state index in [4.69, 9.17) is 5.73 Å². The molecule has 106 valence electrons. The molecule has 0 fully saturated rings. The van der Waals surface area contributed by atoms with Gasteiger partial charge in [-0.1, -0.05) is 0 Å². The van der Waals surface area contributed by atoms with E-state index in [-0.39, 0.29) is 11.9 Å². The molecule has 19 heavy (non-hydrogen) atoms. The molecule has 2 atom stereocenters. The largest absolute Gasteiger partial charge is 0.397 e. The van der Waals surface area contributed by atoms with Crippen molar-refractivity contribution in [3.63, 3.8) is 0 Å². The van der Waals surface area contributed by atoms with Crippen LogP contribution in [0.25, 0.3) is 0 Å². The van der Waals surface area contributed by atoms with Gasteiger partial charge in [-0.15, -0.1) is 0 Å². The van der Waals surface area contributed by atoms with E-state index < -0.39 is 6.10 Å². The maximum Gasteiger partial charge on any atom is 0.251 e. The molecule has 0 aliphatic carbocycles. The average Bonchev–Trinajstić information content (AvgIpc) is 2.26. The van der Waals surface area contributed by atoms with Crippen LogP contribution in [-0.4, -0.2) is 37.3 Å². The Bertz CT molecular complexity index is 444. The third kappa shape index (κ3) is 4.44. The van der Waals surface area contributed by atoms with Gasteiger partial charge < -0.3 is 21.1 Å². The summed E-state index contributed by atoms with van der Waals surface area (Å²) in [7, 11) is 3.80. The highest BCUT2D eigenvalue weighted by Gasteiger charge is 2.13. The summed E-state index contributed by atoms with van der Waals surface area (Å²) >= 11 is 0. The normalized spacial score (nSPS) is 13.7. The van der Waals surface area contributed by atoms with Crippen molar-refractivity contribution >= 4 is 17.3 Å². The number of rotatable bonds is 5. The van der Waals surface area contributed by atoms with Crippen LogP contribution in [0.4, 0.5) is 11.4 Å². The number of nitrogen functional groups attached to an aromatic ring is 1. The smallest absolute Gasteiger partial charge is 0.251 e. The molecule has 0 saturated carbocycles. The van der Waals surface area contributed by atoms with Crippen molar-refractivity contribution in [3.05, 3.63) is 23.8 Å². The number of nitrogens with one attached hydrogen (secondary N) is 1. The van der Waals surface area contributed by atoms with Crippen molar-refractivity contribution in [1.82, 2.24) is 5.32 Å². The molecule has 1 rings (SSSR count). The molecule has 1 amide bonds. The molecule has 2 unspecified atom stereocenters. The quantitative estimate of drug-likeness (QED) is 0.700. The number of benzene rings is 1. The second-order valence-corrected chi connectivity index (χ2v) is 5.13. The summed E-state index contributed by atoms with van der Waals surface area (Å²) in [4.78, 5) is 13.9. The Balaban J connectivity index is 2.75. The van der Waals surface area contributed by atoms with E-state index in [0.29, 0.717) is 17.7 Å². The van der Waals surface area contributed by atoms with Crippen molar-refractivity contribution in [2.75, 3.05) is 24.7 Å². The molecule has 1 aromatic rings. The number of hydrogen-bond donors (Lipinski definition) is 3. The van der Waals surface area contributed by atoms with Crippen molar-refractivity contribution in [2.24, 2.45) is 0 Å². The van der Waals surface area contributed by atoms with E-state index in [9.17, 15) is 9.90 Å². The second kappa shape index (κ2) is 6.43. The van der Waals surface area contributed by atoms with Crippen LogP contribution < -0.4 is 16.0 Å². The zero-order valence-electron chi connectivity index (χ0n) is 12.0. The van der Waals surface area contributed by atoms with Crippen LogP contribution in [0, 0.1) is 0 Å². The van der Waals surface area contributed by atoms with E-state index in [1.807, 2.05) is 32.0 Å². The number of aliphatic hydroxyl groups is 1. The molecule has 1 aromatic carbocycles. The molecule has 0 heterocycles. The molecule has 5 heteroatoms. The molecule has 0 bridgehead atoms. The maximum atomic E-state index is 12.0. The topological polar surface area (TPSA) is 78.6 Å². The van der Waals surface area contributed by atoms with Crippen LogP contribution >= 0.6 is 0 Å². The number of aliphatic hydroxyl groups excluding tert-OH is 1. The number of carbonyl (C=O) groups excluding carboxylic acids is 1. The van der Waals surface area contributed by atoms with Crippen molar-refractivity contribution in [3.8, 4) is 0 Å². The van der Waals surface area contributed by atoms with E-state index in [1.165, 1.54) is 0 Å². The summed E-state index contributed by atoms with van der Waals surface area (Å²) in [6.07, 6.45) is 0.0910. The standard InChI is InChI=1S/C14H23N3O2/c1-9(7-10(2)18)16-14(19)11-5-6-13(17(3)4)12(15)8-11/h5-6,8-10,18H,7,15H2,1-4H3,(H,16,19). The van der Waals surface area contributed by atoms with Gasteiger partial charge in [0.25, 0.3) is 5.91 Å². The Morgan fingerprint density at radius 3 is 2.53 bits per heavy atom. The predicted octanol–water partition coefficient (Wildman–Crippen LogP) is 1.22. The van der Waals surface area contributed by atoms with Gasteiger partial charge in [0.1, 0.15) is 0 Å². The van der Waals surface area contributed by atoms with Crippen LogP contribution in [0.3, 0.4) is 0 Å². The lowest BCUT2D eigenvalue weighted by atomic mass is 10.1. The van der Waals surface area contributed by atoms with Gasteiger partial charge in [0, 0.05) is 25.7 Å². The summed E-state index contributed by atoms with van der Waals surface area (Å²) in [5.74, 6) is -0.176. The van der Waals surface area contributed by atoms with Crippen molar-refractivity contribution in [1.29, 1.82) is 0 Å². The first-order chi connectivity index (χ1) is 8.81. The Morgan fingerprint density at radius 1 is 1.42 bits per heavy atom. The molecular formula is C14H23N3O2. The monoisotopic (exact) mass is 265 g/mol. The molecule has 5 nitrogen and oxygen atoms in total. The van der Waals surface area contributed by atoms with Crippen LogP contribution in [0.1, 0.15) is 30.6 Å². The van der Waals surface area contributed by atoms with Gasteiger partial charge in [-0.05, 0) is 38.5 Å². The first-order valence-corrected chi connectivity index (χ1v) is 6.37. The zero-order valence-corrected chi connectivity index (χ0v) is 12.0. The summed E-state index contributed by atoms with van der Waals surface area (Å²) in [5.41, 5.74) is 7.89. The minimum atomic E-state index is -0.434. The lowest BCUT2D eigenvalue weighted by molar-refractivity contribution is 0.0923. The molecule has 0 spiro atoms. The molecule has 0 aromatic heterocycles. The Kier molecular flexibility index (Phi) is 5.18. The van der Waals surface area contributed by atoms with Gasteiger partial charge in [-0.3, -0.25) is 4.79 Å². The fourth-order valence-corrected chi connectivity index (χ4v) is 1.98. The SMILES string of the molecule is CC(O)CC(C)NC(=O)c1ccc(N(C)C)c(N)c1. The fourth-order valence-electron chi connectivity index (χ4n) is 1.98. The Morgan fingerprint density at radius 2 is 2.05 bits per heavy atom. The number of hydrogen-bond acceptors (Lipinski definition) is 4. The van der Waals surface area contributed by atoms with Gasteiger partial charge >= 0.3 is 0 Å². The molecule has 0 aliphatic heterocycles. The molecule has 4 N–H and O–H groups in total. The number of carbonyl (C=O) groups is 1. The summed E-state index contributed by atoms with van der Waals surface area (Å²) < 4.78 is 0. The average molecular weight is 265 g/mol. The van der Waals surface area contributed by atoms with E-state index in [2.05, 4.69) is 5.32 Å². The molecular weight excluding hydrogens is 242 g/mol. The van der Waals surface area contributed by atoms with Crippen molar-refractivity contribution < 1.29 is 9.90 Å². The minimum Gasteiger partial charge on any atom is -0.397 e. The number of anilines is 2. The Hall–Kier alpha value is -1.75. The highest BCUT2D eigenvalue weighted by molar-refractivity contribution is 5.96. The lowest BCUT2D eigenvalue weighted by Crippen LogP contribution is -2.34. The summed E-state index contributed by atoms with van der Waals surface area (Å²) in [6.45, 7) is 3.56. The van der Waals surface area contributed by atoms with Crippen LogP contribution in [0.15, 0.2) is 18.2 Å². The number of nitrogens with zero attached hydrogens (tertiary/aromatic N) is 1. The third-order valence-corrected chi connectivity index (χ3v) is 2.84. The third-order valence-electron chi connectivity index (χ3n) is 2.84. The second-order valence-electron chi connectivity index (χ2n) is 5.13.